The van der Waals surface area contributed by atoms with Gasteiger partial charge in [-0.3, -0.25) is 9.59 Å². The van der Waals surface area contributed by atoms with Crippen LogP contribution in [0.15, 0.2) is 0 Å². The zero-order chi connectivity index (χ0) is 12.1. The van der Waals surface area contributed by atoms with Crippen LogP contribution in [0.1, 0.15) is 20.3 Å². The highest BCUT2D eigenvalue weighted by Gasteiger charge is 2.30. The van der Waals surface area contributed by atoms with Crippen molar-refractivity contribution < 1.29 is 14.3 Å². The quantitative estimate of drug-likeness (QED) is 0.691. The van der Waals surface area contributed by atoms with E-state index in [0.29, 0.717) is 12.5 Å². The van der Waals surface area contributed by atoms with Crippen molar-refractivity contribution in [3.63, 3.8) is 0 Å². The number of hydrogen-bond acceptors (Lipinski definition) is 4. The molecule has 2 unspecified atom stereocenters. The number of amides is 1. The van der Waals surface area contributed by atoms with Crippen molar-refractivity contribution in [1.29, 1.82) is 0 Å². The first kappa shape index (κ1) is 13.0. The van der Waals surface area contributed by atoms with Crippen molar-refractivity contribution in [2.45, 2.75) is 26.3 Å². The van der Waals surface area contributed by atoms with E-state index in [1.807, 2.05) is 6.92 Å². The first-order chi connectivity index (χ1) is 7.58. The van der Waals surface area contributed by atoms with Gasteiger partial charge in [-0.15, -0.1) is 0 Å². The van der Waals surface area contributed by atoms with Crippen LogP contribution in [-0.2, 0) is 14.3 Å². The first-order valence-electron chi connectivity index (χ1n) is 5.67. The second kappa shape index (κ2) is 5.84. The summed E-state index contributed by atoms with van der Waals surface area (Å²) in [4.78, 5) is 25.0. The number of hydrogen-bond donors (Lipinski definition) is 1. The molecule has 1 N–H and O–H groups in total. The lowest BCUT2D eigenvalue weighted by Gasteiger charge is -2.23. The Kier molecular flexibility index (Phi) is 4.73. The highest BCUT2D eigenvalue weighted by Crippen LogP contribution is 2.09. The maximum Gasteiger partial charge on any atom is 0.307 e. The van der Waals surface area contributed by atoms with E-state index >= 15 is 0 Å². The SMILES string of the molecule is CCN1CC(C)CNC(CC(=O)OC)C1=O. The van der Waals surface area contributed by atoms with Crippen molar-refractivity contribution in [3.8, 4) is 0 Å². The fourth-order valence-electron chi connectivity index (χ4n) is 1.88. The van der Waals surface area contributed by atoms with E-state index in [4.69, 9.17) is 0 Å². The van der Waals surface area contributed by atoms with E-state index in [9.17, 15) is 9.59 Å². The number of rotatable bonds is 3. The molecule has 1 fully saturated rings. The predicted octanol–water partition coefficient (Wildman–Crippen LogP) is 0.00590. The molecule has 0 aromatic carbocycles. The van der Waals surface area contributed by atoms with Gasteiger partial charge >= 0.3 is 5.97 Å². The van der Waals surface area contributed by atoms with Crippen LogP contribution < -0.4 is 5.32 Å². The second-order valence-electron chi connectivity index (χ2n) is 4.22. The van der Waals surface area contributed by atoms with Crippen molar-refractivity contribution in [2.75, 3.05) is 26.7 Å². The van der Waals surface area contributed by atoms with Gasteiger partial charge in [-0.2, -0.15) is 0 Å². The molecule has 1 aliphatic heterocycles. The molecule has 0 aromatic rings. The number of likely N-dealkylation sites (N-methyl/N-ethyl adjacent to an activating group) is 1. The number of nitrogens with zero attached hydrogens (tertiary/aromatic N) is 1. The molecule has 1 rings (SSSR count). The van der Waals surface area contributed by atoms with Gasteiger partial charge in [0.25, 0.3) is 0 Å². The van der Waals surface area contributed by atoms with Gasteiger partial charge in [0.05, 0.1) is 19.6 Å². The van der Waals surface area contributed by atoms with Crippen LogP contribution in [0.25, 0.3) is 0 Å². The summed E-state index contributed by atoms with van der Waals surface area (Å²) < 4.78 is 4.59. The van der Waals surface area contributed by atoms with Crippen LogP contribution >= 0.6 is 0 Å². The minimum atomic E-state index is -0.433. The average Bonchev–Trinajstić information content (AvgIpc) is 2.41. The molecule has 0 radical (unpaired) electrons. The molecule has 5 nitrogen and oxygen atoms in total. The molecule has 0 spiro atoms. The lowest BCUT2D eigenvalue weighted by Crippen LogP contribution is -2.44. The molecule has 2 atom stereocenters. The van der Waals surface area contributed by atoms with E-state index < -0.39 is 6.04 Å². The van der Waals surface area contributed by atoms with Crippen LogP contribution in [0.3, 0.4) is 0 Å². The minimum Gasteiger partial charge on any atom is -0.469 e. The van der Waals surface area contributed by atoms with Crippen LogP contribution in [0.2, 0.25) is 0 Å². The summed E-state index contributed by atoms with van der Waals surface area (Å²) >= 11 is 0. The maximum absolute atomic E-state index is 12.0. The van der Waals surface area contributed by atoms with Crippen LogP contribution in [-0.4, -0.2) is 49.6 Å². The van der Waals surface area contributed by atoms with E-state index in [1.54, 1.807) is 4.90 Å². The fourth-order valence-corrected chi connectivity index (χ4v) is 1.88. The van der Waals surface area contributed by atoms with E-state index in [2.05, 4.69) is 17.0 Å². The third-order valence-electron chi connectivity index (χ3n) is 2.83. The third kappa shape index (κ3) is 3.20. The van der Waals surface area contributed by atoms with Gasteiger partial charge in [-0.25, -0.2) is 0 Å². The van der Waals surface area contributed by atoms with Crippen molar-refractivity contribution in [3.05, 3.63) is 0 Å². The van der Waals surface area contributed by atoms with Crippen molar-refractivity contribution >= 4 is 11.9 Å². The molecular weight excluding hydrogens is 208 g/mol. The van der Waals surface area contributed by atoms with Gasteiger partial charge in [0.2, 0.25) is 5.91 Å². The van der Waals surface area contributed by atoms with Crippen LogP contribution in [0, 0.1) is 5.92 Å². The molecule has 92 valence electrons. The summed E-state index contributed by atoms with van der Waals surface area (Å²) in [5.74, 6) is 0.0558. The molecule has 0 saturated carbocycles. The van der Waals surface area contributed by atoms with Crippen molar-refractivity contribution in [1.82, 2.24) is 10.2 Å². The second-order valence-corrected chi connectivity index (χ2v) is 4.22. The summed E-state index contributed by atoms with van der Waals surface area (Å²) in [7, 11) is 1.34. The maximum atomic E-state index is 12.0. The number of methoxy groups -OCH3 is 1. The summed E-state index contributed by atoms with van der Waals surface area (Å²) in [6.07, 6.45) is 0.110. The normalized spacial score (nSPS) is 26.4. The molecule has 0 aromatic heterocycles. The smallest absolute Gasteiger partial charge is 0.307 e. The monoisotopic (exact) mass is 228 g/mol. The lowest BCUT2D eigenvalue weighted by molar-refractivity contribution is -0.144. The zero-order valence-corrected chi connectivity index (χ0v) is 10.2. The Morgan fingerprint density at radius 1 is 1.62 bits per heavy atom. The number of ether oxygens (including phenoxy) is 1. The number of carbonyl (C=O) groups is 2. The van der Waals surface area contributed by atoms with Gasteiger partial charge < -0.3 is 15.0 Å². The number of carbonyl (C=O) groups excluding carboxylic acids is 2. The molecule has 1 heterocycles. The lowest BCUT2D eigenvalue weighted by atomic mass is 10.2. The highest BCUT2D eigenvalue weighted by atomic mass is 16.5. The molecule has 5 heteroatoms. The highest BCUT2D eigenvalue weighted by molar-refractivity contribution is 5.86. The fraction of sp³-hybridized carbons (Fsp3) is 0.818. The zero-order valence-electron chi connectivity index (χ0n) is 10.2. The number of esters is 1. The largest absolute Gasteiger partial charge is 0.469 e. The Bertz CT molecular complexity index is 268. The molecule has 0 bridgehead atoms. The van der Waals surface area contributed by atoms with Gasteiger partial charge in [0.15, 0.2) is 0 Å². The van der Waals surface area contributed by atoms with E-state index in [0.717, 1.165) is 13.1 Å². The summed E-state index contributed by atoms with van der Waals surface area (Å²) in [5.41, 5.74) is 0. The van der Waals surface area contributed by atoms with Crippen LogP contribution in [0.5, 0.6) is 0 Å². The molecule has 16 heavy (non-hydrogen) atoms. The Labute approximate surface area is 96.1 Å². The Balaban J connectivity index is 2.68. The molecule has 1 amide bonds. The standard InChI is InChI=1S/C11H20N2O3/c1-4-13-7-8(2)6-12-9(11(13)15)5-10(14)16-3/h8-9,12H,4-7H2,1-3H3. The summed E-state index contributed by atoms with van der Waals surface area (Å²) in [5, 5.41) is 3.12. The van der Waals surface area contributed by atoms with Crippen LogP contribution in [0.4, 0.5) is 0 Å². The van der Waals surface area contributed by atoms with Crippen molar-refractivity contribution in [2.24, 2.45) is 5.92 Å². The van der Waals surface area contributed by atoms with Gasteiger partial charge in [-0.05, 0) is 12.8 Å². The third-order valence-corrected chi connectivity index (χ3v) is 2.83. The molecular formula is C11H20N2O3. The Morgan fingerprint density at radius 3 is 2.88 bits per heavy atom. The summed E-state index contributed by atoms with van der Waals surface area (Å²) in [6.45, 7) is 6.22. The summed E-state index contributed by atoms with van der Waals surface area (Å²) in [6, 6.07) is -0.433. The van der Waals surface area contributed by atoms with Gasteiger partial charge in [0, 0.05) is 19.6 Å². The first-order valence-corrected chi connectivity index (χ1v) is 5.67. The number of nitrogens with one attached hydrogen (secondary N) is 1. The van der Waals surface area contributed by atoms with Gasteiger partial charge in [-0.1, -0.05) is 6.92 Å². The average molecular weight is 228 g/mol. The Hall–Kier alpha value is -1.10. The topological polar surface area (TPSA) is 58.6 Å². The van der Waals surface area contributed by atoms with E-state index in [-0.39, 0.29) is 18.3 Å². The van der Waals surface area contributed by atoms with Gasteiger partial charge in [0.1, 0.15) is 0 Å². The molecule has 1 aliphatic rings. The molecule has 0 aliphatic carbocycles. The predicted molar refractivity (Wildman–Crippen MR) is 59.8 cm³/mol. The molecule has 1 saturated heterocycles. The minimum absolute atomic E-state index is 0.00255. The Morgan fingerprint density at radius 2 is 2.31 bits per heavy atom. The van der Waals surface area contributed by atoms with E-state index in [1.165, 1.54) is 7.11 Å².